The van der Waals surface area contributed by atoms with Gasteiger partial charge in [0.15, 0.2) is 11.5 Å². The molecule has 4 rings (SSSR count). The molecule has 2 aliphatic heterocycles. The Morgan fingerprint density at radius 3 is 2.67 bits per heavy atom. The van der Waals surface area contributed by atoms with Crippen LogP contribution in [0, 0.1) is 35.5 Å². The predicted octanol–water partition coefficient (Wildman–Crippen LogP) is 1.53. The van der Waals surface area contributed by atoms with Crippen LogP contribution in [0.5, 0.6) is 0 Å². The summed E-state index contributed by atoms with van der Waals surface area (Å²) in [5.74, 6) is -3.45. The van der Waals surface area contributed by atoms with Gasteiger partial charge < -0.3 is 20.2 Å². The fraction of sp³-hybridized carbons (Fsp3) is 0.773. The van der Waals surface area contributed by atoms with Crippen LogP contribution >= 0.6 is 11.8 Å². The quantitative estimate of drug-likeness (QED) is 0.426. The average Bonchev–Trinajstić information content (AvgIpc) is 3.17. The number of carbonyl (C=O) groups is 3. The van der Waals surface area contributed by atoms with Crippen LogP contribution in [-0.4, -0.2) is 67.8 Å². The van der Waals surface area contributed by atoms with Crippen molar-refractivity contribution in [3.05, 3.63) is 12.2 Å². The molecule has 1 unspecified atom stereocenters. The molecular weight excluding hydrogens is 406 g/mol. The summed E-state index contributed by atoms with van der Waals surface area (Å²) in [6.07, 6.45) is 8.70. The highest BCUT2D eigenvalue weighted by molar-refractivity contribution is 8.00. The van der Waals surface area contributed by atoms with E-state index in [-0.39, 0.29) is 48.9 Å². The van der Waals surface area contributed by atoms with E-state index in [4.69, 9.17) is 0 Å². The Hall–Kier alpha value is -1.38. The second-order valence-electron chi connectivity index (χ2n) is 9.23. The van der Waals surface area contributed by atoms with Gasteiger partial charge in [-0.25, -0.2) is 0 Å². The lowest BCUT2D eigenvalue weighted by atomic mass is 9.62. The Kier molecular flexibility index (Phi) is 6.03. The lowest BCUT2D eigenvalue weighted by Crippen LogP contribution is -2.53. The molecule has 0 aromatic rings. The Labute approximate surface area is 180 Å². The van der Waals surface area contributed by atoms with Crippen LogP contribution in [0.15, 0.2) is 12.2 Å². The molecule has 0 aromatic heterocycles. The smallest absolute Gasteiger partial charge is 0.311 e. The first-order valence-electron chi connectivity index (χ1n) is 11.0. The van der Waals surface area contributed by atoms with Crippen LogP contribution in [0.1, 0.15) is 39.0 Å². The van der Waals surface area contributed by atoms with Crippen LogP contribution in [0.3, 0.4) is 0 Å². The van der Waals surface area contributed by atoms with Crippen molar-refractivity contribution in [1.29, 1.82) is 0 Å². The number of thioether (sulfide) groups is 1. The molecule has 0 aromatic carbocycles. The number of aliphatic carboxylic acids is 1. The van der Waals surface area contributed by atoms with E-state index in [1.165, 1.54) is 4.90 Å². The Balaban J connectivity index is 1.69. The number of carbonyl (C=O) groups excluding carboxylic acids is 2. The molecule has 7 nitrogen and oxygen atoms in total. The zero-order valence-electron chi connectivity index (χ0n) is 17.3. The largest absolute Gasteiger partial charge is 0.481 e. The van der Waals surface area contributed by atoms with E-state index in [1.807, 2.05) is 6.92 Å². The van der Waals surface area contributed by atoms with Crippen molar-refractivity contribution in [2.75, 3.05) is 18.9 Å². The number of Topliss-reactive ketones (excluding diaryl/α,β-unsaturated/α-hetero) is 1. The number of carboxylic acids is 1. The molecular formula is C22H31NO6S. The van der Waals surface area contributed by atoms with Crippen molar-refractivity contribution in [2.24, 2.45) is 35.5 Å². The van der Waals surface area contributed by atoms with Crippen molar-refractivity contribution in [2.45, 2.75) is 50.0 Å². The fourth-order valence-corrected chi connectivity index (χ4v) is 7.71. The summed E-state index contributed by atoms with van der Waals surface area (Å²) in [5, 5.41) is 29.6. The zero-order valence-corrected chi connectivity index (χ0v) is 18.1. The van der Waals surface area contributed by atoms with Gasteiger partial charge in [-0.3, -0.25) is 14.4 Å². The van der Waals surface area contributed by atoms with Gasteiger partial charge >= 0.3 is 5.97 Å². The first-order valence-corrected chi connectivity index (χ1v) is 12.1. The Bertz CT molecular complexity index is 756. The van der Waals surface area contributed by atoms with E-state index >= 15 is 0 Å². The average molecular weight is 438 g/mol. The highest BCUT2D eigenvalue weighted by Gasteiger charge is 2.68. The maximum atomic E-state index is 13.9. The third kappa shape index (κ3) is 3.22. The number of hydrogen-bond donors (Lipinski definition) is 3. The van der Waals surface area contributed by atoms with Crippen molar-refractivity contribution in [3.63, 3.8) is 0 Å². The minimum atomic E-state index is -1.89. The maximum absolute atomic E-state index is 13.9. The van der Waals surface area contributed by atoms with Crippen LogP contribution in [0.25, 0.3) is 0 Å². The molecule has 1 amide bonds. The molecule has 2 saturated heterocycles. The van der Waals surface area contributed by atoms with Gasteiger partial charge in [0.2, 0.25) is 5.91 Å². The molecule has 3 N–H and O–H groups in total. The van der Waals surface area contributed by atoms with Crippen molar-refractivity contribution in [3.8, 4) is 0 Å². The number of aliphatic hydroxyl groups excluding tert-OH is 1. The molecule has 0 bridgehead atoms. The van der Waals surface area contributed by atoms with Gasteiger partial charge in [0.05, 0.1) is 11.9 Å². The lowest BCUT2D eigenvalue weighted by molar-refractivity contribution is -0.160. The number of ketones is 1. The minimum Gasteiger partial charge on any atom is -0.481 e. The van der Waals surface area contributed by atoms with Crippen LogP contribution in [0.2, 0.25) is 0 Å². The van der Waals surface area contributed by atoms with Crippen molar-refractivity contribution >= 4 is 29.4 Å². The fourth-order valence-electron chi connectivity index (χ4n) is 6.37. The van der Waals surface area contributed by atoms with E-state index in [0.717, 1.165) is 37.4 Å². The van der Waals surface area contributed by atoms with Gasteiger partial charge in [-0.15, -0.1) is 11.8 Å². The molecule has 8 heteroatoms. The van der Waals surface area contributed by atoms with Crippen molar-refractivity contribution < 1.29 is 29.7 Å². The van der Waals surface area contributed by atoms with Gasteiger partial charge in [0.25, 0.3) is 0 Å². The number of aliphatic hydroxyl groups is 2. The highest BCUT2D eigenvalue weighted by Crippen LogP contribution is 2.52. The maximum Gasteiger partial charge on any atom is 0.311 e. The molecule has 2 heterocycles. The predicted molar refractivity (Wildman–Crippen MR) is 111 cm³/mol. The van der Waals surface area contributed by atoms with Gasteiger partial charge in [0, 0.05) is 18.2 Å². The number of nitrogens with zero attached hydrogens (tertiary/aromatic N) is 1. The normalized spacial score (nSPS) is 42.8. The molecule has 0 radical (unpaired) electrons. The molecule has 30 heavy (non-hydrogen) atoms. The number of fused-ring (bicyclic) bond motifs is 2. The molecule has 0 spiro atoms. The Morgan fingerprint density at radius 2 is 1.97 bits per heavy atom. The van der Waals surface area contributed by atoms with E-state index in [2.05, 4.69) is 12.2 Å². The number of hydrogen-bond acceptors (Lipinski definition) is 6. The third-order valence-corrected chi connectivity index (χ3v) is 9.12. The first-order chi connectivity index (χ1) is 14.3. The minimum absolute atomic E-state index is 0.00787. The summed E-state index contributed by atoms with van der Waals surface area (Å²) >= 11 is 1.15. The summed E-state index contributed by atoms with van der Waals surface area (Å²) in [5.41, 5.74) is -1.89. The van der Waals surface area contributed by atoms with Crippen LogP contribution in [-0.2, 0) is 14.4 Å². The van der Waals surface area contributed by atoms with Crippen LogP contribution < -0.4 is 0 Å². The van der Waals surface area contributed by atoms with Crippen molar-refractivity contribution in [1.82, 2.24) is 4.90 Å². The first kappa shape index (κ1) is 21.8. The third-order valence-electron chi connectivity index (χ3n) is 7.73. The molecule has 8 atom stereocenters. The lowest BCUT2D eigenvalue weighted by Gasteiger charge is -2.42. The van der Waals surface area contributed by atoms with Gasteiger partial charge in [0.1, 0.15) is 11.8 Å². The second-order valence-corrected chi connectivity index (χ2v) is 10.5. The van der Waals surface area contributed by atoms with Crippen LogP contribution in [0.4, 0.5) is 0 Å². The summed E-state index contributed by atoms with van der Waals surface area (Å²) < 4.78 is 0. The standard InChI is InChI=1S/C22H31NO6S/c1-12-6-7-13-4-2-3-5-14(13)16(12)18(25)17-19(30-11-10-24)22(29)15(21(27)28)8-9-23(22)20(17)26/h6-7,12-17,19,24,29H,2-5,8-11H2,1H3,(H,27,28)/t12-,13+,14-,15-,16?,17-,19+,22+/m0/s1. The number of allylic oxidation sites excluding steroid dienone is 2. The monoisotopic (exact) mass is 437 g/mol. The van der Waals surface area contributed by atoms with E-state index < -0.39 is 34.7 Å². The number of rotatable bonds is 6. The van der Waals surface area contributed by atoms with E-state index in [0.29, 0.717) is 5.92 Å². The van der Waals surface area contributed by atoms with Gasteiger partial charge in [-0.05, 0) is 37.0 Å². The molecule has 1 saturated carbocycles. The molecule has 2 aliphatic carbocycles. The Morgan fingerprint density at radius 1 is 1.23 bits per heavy atom. The summed E-state index contributed by atoms with van der Waals surface area (Å²) in [6, 6.07) is 0. The zero-order chi connectivity index (χ0) is 21.6. The number of amides is 1. The summed E-state index contributed by atoms with van der Waals surface area (Å²) in [6.45, 7) is 1.98. The second kappa shape index (κ2) is 8.28. The van der Waals surface area contributed by atoms with Gasteiger partial charge in [-0.1, -0.05) is 31.9 Å². The topological polar surface area (TPSA) is 115 Å². The number of carboxylic acid groups (broad SMARTS) is 1. The summed E-state index contributed by atoms with van der Waals surface area (Å²) in [7, 11) is 0. The molecule has 166 valence electrons. The van der Waals surface area contributed by atoms with Gasteiger partial charge in [-0.2, -0.15) is 0 Å². The molecule has 4 aliphatic rings. The van der Waals surface area contributed by atoms with E-state index in [9.17, 15) is 29.7 Å². The molecule has 3 fully saturated rings. The SMILES string of the molecule is C[C@H]1C=C[C@H]2CCCC[C@@H]2C1C(=O)[C@@H]1C(=O)N2CC[C@@H](C(=O)O)[C@@]2(O)[C@@H]1SCCO. The summed E-state index contributed by atoms with van der Waals surface area (Å²) in [4.78, 5) is 40.3. The van der Waals surface area contributed by atoms with E-state index in [1.54, 1.807) is 0 Å². The highest BCUT2D eigenvalue weighted by atomic mass is 32.2.